The van der Waals surface area contributed by atoms with Crippen LogP contribution in [0.1, 0.15) is 29.2 Å². The molecule has 1 aromatic rings. The Balaban J connectivity index is 2.58. The van der Waals surface area contributed by atoms with E-state index in [1.807, 2.05) is 11.3 Å². The molecule has 0 radical (unpaired) electrons. The van der Waals surface area contributed by atoms with Gasteiger partial charge in [-0.3, -0.25) is 4.90 Å². The first-order valence-corrected chi connectivity index (χ1v) is 6.96. The molecule has 0 aliphatic heterocycles. The van der Waals surface area contributed by atoms with Crippen molar-refractivity contribution in [1.82, 2.24) is 10.2 Å². The van der Waals surface area contributed by atoms with Crippen molar-refractivity contribution < 1.29 is 0 Å². The first kappa shape index (κ1) is 14.4. The van der Waals surface area contributed by atoms with E-state index in [-0.39, 0.29) is 0 Å². The Morgan fingerprint density at radius 1 is 1.53 bits per heavy atom. The third-order valence-corrected chi connectivity index (χ3v) is 3.69. The molecule has 0 saturated carbocycles. The summed E-state index contributed by atoms with van der Waals surface area (Å²) >= 11 is 1.90. The van der Waals surface area contributed by atoms with Crippen LogP contribution in [0, 0.1) is 6.92 Å². The van der Waals surface area contributed by atoms with Crippen LogP contribution in [0.5, 0.6) is 0 Å². The van der Waals surface area contributed by atoms with E-state index < -0.39 is 0 Å². The largest absolute Gasteiger partial charge is 0.312 e. The fraction of sp³-hybridized carbons (Fsp3) is 0.571. The maximum atomic E-state index is 3.96. The molecule has 17 heavy (non-hydrogen) atoms. The molecule has 0 amide bonds. The van der Waals surface area contributed by atoms with E-state index in [4.69, 9.17) is 0 Å². The van der Waals surface area contributed by atoms with E-state index in [0.29, 0.717) is 0 Å². The summed E-state index contributed by atoms with van der Waals surface area (Å²) in [5.74, 6) is 0. The maximum Gasteiger partial charge on any atom is 0.0299 e. The number of nitrogens with zero attached hydrogens (tertiary/aromatic N) is 1. The van der Waals surface area contributed by atoms with Crippen LogP contribution in [0.15, 0.2) is 18.2 Å². The molecular weight excluding hydrogens is 228 g/mol. The van der Waals surface area contributed by atoms with Crippen molar-refractivity contribution in [3.63, 3.8) is 0 Å². The molecule has 0 fully saturated rings. The molecule has 0 unspecified atom stereocenters. The van der Waals surface area contributed by atoms with Crippen LogP contribution in [0.25, 0.3) is 0 Å². The van der Waals surface area contributed by atoms with E-state index in [0.717, 1.165) is 26.2 Å². The fourth-order valence-corrected chi connectivity index (χ4v) is 2.91. The third kappa shape index (κ3) is 5.02. The predicted molar refractivity (Wildman–Crippen MR) is 77.6 cm³/mol. The number of hydrogen-bond donors (Lipinski definition) is 1. The second kappa shape index (κ2) is 6.94. The summed E-state index contributed by atoms with van der Waals surface area (Å²) in [7, 11) is 2.15. The summed E-state index contributed by atoms with van der Waals surface area (Å²) in [4.78, 5) is 5.18. The Bertz CT molecular complexity index is 368. The number of hydrogen-bond acceptors (Lipinski definition) is 3. The highest BCUT2D eigenvalue weighted by Crippen LogP contribution is 2.22. The second-order valence-corrected chi connectivity index (χ2v) is 6.04. The second-order valence-electron chi connectivity index (χ2n) is 4.70. The van der Waals surface area contributed by atoms with Crippen molar-refractivity contribution in [2.24, 2.45) is 0 Å². The Kier molecular flexibility index (Phi) is 5.89. The lowest BCUT2D eigenvalue weighted by atomic mass is 10.2. The zero-order valence-corrected chi connectivity index (χ0v) is 12.3. The van der Waals surface area contributed by atoms with Gasteiger partial charge < -0.3 is 5.32 Å². The number of nitrogens with one attached hydrogen (secondary N) is 1. The summed E-state index contributed by atoms with van der Waals surface area (Å²) in [5.41, 5.74) is 2.67. The molecular formula is C14H24N2S. The van der Waals surface area contributed by atoms with Gasteiger partial charge in [0.2, 0.25) is 0 Å². The van der Waals surface area contributed by atoms with Crippen LogP contribution in [-0.4, -0.2) is 25.0 Å². The van der Waals surface area contributed by atoms with E-state index >= 15 is 0 Å². The standard InChI is InChI=1S/C14H24N2S/c1-6-15-8-14-7-13(12(4)17-14)10-16(5)9-11(2)3/h7,15H,2,6,8-10H2,1,3-5H3. The molecule has 0 bridgehead atoms. The Morgan fingerprint density at radius 3 is 2.82 bits per heavy atom. The van der Waals surface area contributed by atoms with E-state index in [2.05, 4.69) is 50.7 Å². The topological polar surface area (TPSA) is 15.3 Å². The molecule has 0 atom stereocenters. The molecule has 96 valence electrons. The van der Waals surface area contributed by atoms with E-state index in [1.54, 1.807) is 0 Å². The quantitative estimate of drug-likeness (QED) is 0.750. The van der Waals surface area contributed by atoms with Crippen molar-refractivity contribution in [3.05, 3.63) is 33.5 Å². The van der Waals surface area contributed by atoms with Crippen molar-refractivity contribution in [2.75, 3.05) is 20.1 Å². The van der Waals surface area contributed by atoms with Crippen LogP contribution in [0.3, 0.4) is 0 Å². The monoisotopic (exact) mass is 252 g/mol. The van der Waals surface area contributed by atoms with Crippen molar-refractivity contribution >= 4 is 11.3 Å². The zero-order valence-electron chi connectivity index (χ0n) is 11.5. The molecule has 0 saturated heterocycles. The van der Waals surface area contributed by atoms with Crippen LogP contribution in [0.2, 0.25) is 0 Å². The minimum absolute atomic E-state index is 0.970. The van der Waals surface area contributed by atoms with Gasteiger partial charge in [-0.25, -0.2) is 0 Å². The van der Waals surface area contributed by atoms with Crippen LogP contribution >= 0.6 is 11.3 Å². The van der Waals surface area contributed by atoms with Gasteiger partial charge in [0.1, 0.15) is 0 Å². The lowest BCUT2D eigenvalue weighted by Gasteiger charge is -2.16. The summed E-state index contributed by atoms with van der Waals surface area (Å²) in [6.07, 6.45) is 0. The molecule has 3 heteroatoms. The Morgan fingerprint density at radius 2 is 2.24 bits per heavy atom. The molecule has 2 nitrogen and oxygen atoms in total. The average molecular weight is 252 g/mol. The minimum Gasteiger partial charge on any atom is -0.312 e. The minimum atomic E-state index is 0.970. The summed E-state index contributed by atoms with van der Waals surface area (Å²) in [5, 5.41) is 3.37. The Hall–Kier alpha value is -0.640. The van der Waals surface area contributed by atoms with Crippen molar-refractivity contribution in [2.45, 2.75) is 33.9 Å². The van der Waals surface area contributed by atoms with E-state index in [9.17, 15) is 0 Å². The predicted octanol–water partition coefficient (Wildman–Crippen LogP) is 3.17. The number of likely N-dealkylation sites (N-methyl/N-ethyl adjacent to an activating group) is 1. The summed E-state index contributed by atoms with van der Waals surface area (Å²) < 4.78 is 0. The lowest BCUT2D eigenvalue weighted by Crippen LogP contribution is -2.19. The Labute approximate surface area is 109 Å². The smallest absolute Gasteiger partial charge is 0.0299 e. The zero-order chi connectivity index (χ0) is 12.8. The summed E-state index contributed by atoms with van der Waals surface area (Å²) in [6.45, 7) is 14.4. The fourth-order valence-electron chi connectivity index (χ4n) is 1.89. The molecule has 1 aromatic heterocycles. The van der Waals surface area contributed by atoms with Gasteiger partial charge in [-0.15, -0.1) is 11.3 Å². The van der Waals surface area contributed by atoms with Gasteiger partial charge in [0.25, 0.3) is 0 Å². The normalized spacial score (nSPS) is 11.1. The summed E-state index contributed by atoms with van der Waals surface area (Å²) in [6, 6.07) is 2.33. The average Bonchev–Trinajstić information content (AvgIpc) is 2.55. The highest BCUT2D eigenvalue weighted by atomic mass is 32.1. The molecule has 0 aliphatic rings. The van der Waals surface area contributed by atoms with Gasteiger partial charge in [-0.05, 0) is 39.1 Å². The SMILES string of the molecule is C=C(C)CN(C)Cc1cc(CNCC)sc1C. The van der Waals surface area contributed by atoms with E-state index in [1.165, 1.54) is 20.9 Å². The molecule has 0 aliphatic carbocycles. The number of aryl methyl sites for hydroxylation is 1. The molecule has 1 heterocycles. The molecule has 1 rings (SSSR count). The van der Waals surface area contributed by atoms with Gasteiger partial charge in [0.15, 0.2) is 0 Å². The van der Waals surface area contributed by atoms with Gasteiger partial charge >= 0.3 is 0 Å². The lowest BCUT2D eigenvalue weighted by molar-refractivity contribution is 0.355. The van der Waals surface area contributed by atoms with Crippen molar-refractivity contribution in [3.8, 4) is 0 Å². The van der Waals surface area contributed by atoms with Gasteiger partial charge in [-0.1, -0.05) is 19.1 Å². The number of rotatable bonds is 7. The van der Waals surface area contributed by atoms with Crippen LogP contribution in [0.4, 0.5) is 0 Å². The van der Waals surface area contributed by atoms with Crippen LogP contribution < -0.4 is 5.32 Å². The first-order chi connectivity index (χ1) is 8.02. The highest BCUT2D eigenvalue weighted by Gasteiger charge is 2.07. The number of thiophene rings is 1. The molecule has 0 spiro atoms. The van der Waals surface area contributed by atoms with Gasteiger partial charge in [0.05, 0.1) is 0 Å². The third-order valence-electron chi connectivity index (χ3n) is 2.60. The first-order valence-electron chi connectivity index (χ1n) is 6.14. The van der Waals surface area contributed by atoms with Crippen LogP contribution in [-0.2, 0) is 13.1 Å². The van der Waals surface area contributed by atoms with Gasteiger partial charge in [0, 0.05) is 29.4 Å². The highest BCUT2D eigenvalue weighted by molar-refractivity contribution is 7.12. The van der Waals surface area contributed by atoms with Crippen molar-refractivity contribution in [1.29, 1.82) is 0 Å². The van der Waals surface area contributed by atoms with Gasteiger partial charge in [-0.2, -0.15) is 0 Å². The molecule has 0 aromatic carbocycles. The molecule has 1 N–H and O–H groups in total. The maximum absolute atomic E-state index is 3.96.